The van der Waals surface area contributed by atoms with Crippen LogP contribution in [0.2, 0.25) is 0 Å². The number of hydrogen-bond acceptors (Lipinski definition) is 5. The van der Waals surface area contributed by atoms with Crippen molar-refractivity contribution >= 4 is 16.8 Å². The third-order valence-electron chi connectivity index (χ3n) is 3.28. The lowest BCUT2D eigenvalue weighted by Gasteiger charge is -2.21. The standard InChI is InChI=1S/C15H16N4O3/c1-15(2,8-20)18-13(21)14-17-12(19-22-14)10-4-3-9-5-6-16-11(9)7-10/h3-7,16,20H,8H2,1-2H3,(H,18,21). The molecule has 0 unspecified atom stereocenters. The number of aliphatic hydroxyl groups excluding tert-OH is 1. The Morgan fingerprint density at radius 2 is 2.23 bits per heavy atom. The molecule has 0 aliphatic heterocycles. The molecular weight excluding hydrogens is 284 g/mol. The highest BCUT2D eigenvalue weighted by Gasteiger charge is 2.24. The summed E-state index contributed by atoms with van der Waals surface area (Å²) in [6, 6.07) is 7.65. The van der Waals surface area contributed by atoms with Crippen LogP contribution >= 0.6 is 0 Å². The molecule has 114 valence electrons. The molecule has 0 saturated heterocycles. The van der Waals surface area contributed by atoms with Crippen molar-refractivity contribution in [2.45, 2.75) is 19.4 Å². The molecule has 2 heterocycles. The predicted molar refractivity (Wildman–Crippen MR) is 80.2 cm³/mol. The van der Waals surface area contributed by atoms with Gasteiger partial charge in [-0.25, -0.2) is 0 Å². The Balaban J connectivity index is 1.85. The molecule has 1 amide bonds. The van der Waals surface area contributed by atoms with E-state index < -0.39 is 11.4 Å². The van der Waals surface area contributed by atoms with Crippen molar-refractivity contribution in [2.75, 3.05) is 6.61 Å². The highest BCUT2D eigenvalue weighted by atomic mass is 16.5. The number of amides is 1. The molecule has 0 aliphatic rings. The number of rotatable bonds is 4. The second kappa shape index (κ2) is 5.27. The predicted octanol–water partition coefficient (Wildman–Crippen LogP) is 1.72. The molecule has 0 spiro atoms. The summed E-state index contributed by atoms with van der Waals surface area (Å²) in [5, 5.41) is 16.7. The zero-order chi connectivity index (χ0) is 15.7. The number of benzene rings is 1. The van der Waals surface area contributed by atoms with Gasteiger partial charge in [0.05, 0.1) is 12.1 Å². The minimum atomic E-state index is -0.755. The van der Waals surface area contributed by atoms with Crippen LogP contribution in [0.1, 0.15) is 24.5 Å². The smallest absolute Gasteiger partial charge is 0.316 e. The summed E-state index contributed by atoms with van der Waals surface area (Å²) in [7, 11) is 0. The average Bonchev–Trinajstić information content (AvgIpc) is 3.15. The fraction of sp³-hybridized carbons (Fsp3) is 0.267. The fourth-order valence-electron chi connectivity index (χ4n) is 2.02. The van der Waals surface area contributed by atoms with Gasteiger partial charge in [-0.15, -0.1) is 0 Å². The zero-order valence-electron chi connectivity index (χ0n) is 12.3. The molecule has 0 aliphatic carbocycles. The summed E-state index contributed by atoms with van der Waals surface area (Å²) in [5.41, 5.74) is 0.948. The van der Waals surface area contributed by atoms with Crippen molar-refractivity contribution in [3.05, 3.63) is 36.4 Å². The molecule has 7 nitrogen and oxygen atoms in total. The van der Waals surface area contributed by atoms with E-state index in [1.807, 2.05) is 30.5 Å². The number of nitrogens with zero attached hydrogens (tertiary/aromatic N) is 2. The second-order valence-electron chi connectivity index (χ2n) is 5.70. The average molecular weight is 300 g/mol. The van der Waals surface area contributed by atoms with Crippen LogP contribution in [0, 0.1) is 0 Å². The van der Waals surface area contributed by atoms with E-state index in [0.717, 1.165) is 16.5 Å². The van der Waals surface area contributed by atoms with E-state index in [-0.39, 0.29) is 12.5 Å². The summed E-state index contributed by atoms with van der Waals surface area (Å²) in [4.78, 5) is 19.2. The molecule has 2 aromatic heterocycles. The van der Waals surface area contributed by atoms with Crippen LogP contribution in [-0.4, -0.2) is 38.3 Å². The lowest BCUT2D eigenvalue weighted by Crippen LogP contribution is -2.46. The van der Waals surface area contributed by atoms with E-state index >= 15 is 0 Å². The van der Waals surface area contributed by atoms with Crippen LogP contribution in [0.5, 0.6) is 0 Å². The summed E-state index contributed by atoms with van der Waals surface area (Å²) >= 11 is 0. The van der Waals surface area contributed by atoms with E-state index in [1.54, 1.807) is 13.8 Å². The number of aromatic nitrogens is 3. The van der Waals surface area contributed by atoms with Gasteiger partial charge in [-0.1, -0.05) is 17.3 Å². The number of carbonyl (C=O) groups excluding carboxylic acids is 1. The monoisotopic (exact) mass is 300 g/mol. The maximum atomic E-state index is 12.0. The van der Waals surface area contributed by atoms with Crippen LogP contribution in [0.15, 0.2) is 35.0 Å². The number of fused-ring (bicyclic) bond motifs is 1. The minimum absolute atomic E-state index is 0.136. The molecular formula is C15H16N4O3. The van der Waals surface area contributed by atoms with Gasteiger partial charge in [-0.2, -0.15) is 4.98 Å². The van der Waals surface area contributed by atoms with Crippen molar-refractivity contribution in [2.24, 2.45) is 0 Å². The number of H-pyrrole nitrogens is 1. The molecule has 0 bridgehead atoms. The van der Waals surface area contributed by atoms with Gasteiger partial charge in [0.2, 0.25) is 5.82 Å². The number of carbonyl (C=O) groups is 1. The lowest BCUT2D eigenvalue weighted by atomic mass is 10.1. The number of nitrogens with one attached hydrogen (secondary N) is 2. The Morgan fingerprint density at radius 3 is 3.00 bits per heavy atom. The Kier molecular flexibility index (Phi) is 3.42. The Hall–Kier alpha value is -2.67. The first-order valence-corrected chi connectivity index (χ1v) is 6.83. The van der Waals surface area contributed by atoms with Crippen molar-refractivity contribution in [3.63, 3.8) is 0 Å². The largest absolute Gasteiger partial charge is 0.394 e. The Morgan fingerprint density at radius 1 is 1.41 bits per heavy atom. The van der Waals surface area contributed by atoms with E-state index in [0.29, 0.717) is 5.82 Å². The van der Waals surface area contributed by atoms with Crippen LogP contribution < -0.4 is 5.32 Å². The molecule has 3 N–H and O–H groups in total. The number of aliphatic hydroxyl groups is 1. The quantitative estimate of drug-likeness (QED) is 0.680. The van der Waals surface area contributed by atoms with Gasteiger partial charge >= 0.3 is 11.8 Å². The van der Waals surface area contributed by atoms with Crippen molar-refractivity contribution in [1.29, 1.82) is 0 Å². The van der Waals surface area contributed by atoms with Gasteiger partial charge in [0, 0.05) is 17.3 Å². The zero-order valence-corrected chi connectivity index (χ0v) is 12.3. The first kappa shape index (κ1) is 14.3. The summed E-state index contributed by atoms with van der Waals surface area (Å²) < 4.78 is 5.00. The number of aromatic amines is 1. The SMILES string of the molecule is CC(C)(CO)NC(=O)c1nc(-c2ccc3cc[nH]c3c2)no1. The van der Waals surface area contributed by atoms with E-state index in [1.165, 1.54) is 0 Å². The molecule has 1 aromatic carbocycles. The molecule has 3 rings (SSSR count). The van der Waals surface area contributed by atoms with Crippen LogP contribution in [0.3, 0.4) is 0 Å². The van der Waals surface area contributed by atoms with Gasteiger partial charge in [0.1, 0.15) is 0 Å². The van der Waals surface area contributed by atoms with Crippen LogP contribution in [0.25, 0.3) is 22.3 Å². The molecule has 0 fully saturated rings. The van der Waals surface area contributed by atoms with Crippen molar-refractivity contribution in [3.8, 4) is 11.4 Å². The van der Waals surface area contributed by atoms with Gasteiger partial charge in [-0.3, -0.25) is 4.79 Å². The molecule has 0 saturated carbocycles. The Labute approximate surface area is 126 Å². The third-order valence-corrected chi connectivity index (χ3v) is 3.28. The van der Waals surface area contributed by atoms with Gasteiger partial charge in [0.15, 0.2) is 0 Å². The molecule has 7 heteroatoms. The summed E-state index contributed by atoms with van der Waals surface area (Å²) in [5.74, 6) is -0.315. The number of hydrogen-bond donors (Lipinski definition) is 3. The lowest BCUT2D eigenvalue weighted by molar-refractivity contribution is 0.0825. The normalized spacial score (nSPS) is 11.8. The second-order valence-corrected chi connectivity index (χ2v) is 5.70. The maximum Gasteiger partial charge on any atom is 0.316 e. The van der Waals surface area contributed by atoms with Gasteiger partial charge in [-0.05, 0) is 31.4 Å². The first-order valence-electron chi connectivity index (χ1n) is 6.83. The minimum Gasteiger partial charge on any atom is -0.394 e. The third kappa shape index (κ3) is 2.71. The fourth-order valence-corrected chi connectivity index (χ4v) is 2.02. The molecule has 3 aromatic rings. The van der Waals surface area contributed by atoms with Crippen LogP contribution in [0.4, 0.5) is 0 Å². The highest BCUT2D eigenvalue weighted by Crippen LogP contribution is 2.21. The van der Waals surface area contributed by atoms with Gasteiger partial charge < -0.3 is 19.9 Å². The Bertz CT molecular complexity index is 819. The van der Waals surface area contributed by atoms with E-state index in [4.69, 9.17) is 9.63 Å². The van der Waals surface area contributed by atoms with Crippen molar-refractivity contribution < 1.29 is 14.4 Å². The van der Waals surface area contributed by atoms with E-state index in [2.05, 4.69) is 20.4 Å². The first-order chi connectivity index (χ1) is 10.5. The van der Waals surface area contributed by atoms with E-state index in [9.17, 15) is 4.79 Å². The summed E-state index contributed by atoms with van der Waals surface area (Å²) in [6.45, 7) is 3.20. The van der Waals surface area contributed by atoms with Crippen LogP contribution in [-0.2, 0) is 0 Å². The molecule has 0 radical (unpaired) electrons. The van der Waals surface area contributed by atoms with Crippen molar-refractivity contribution in [1.82, 2.24) is 20.4 Å². The molecule has 0 atom stereocenters. The highest BCUT2D eigenvalue weighted by molar-refractivity contribution is 5.90. The molecule has 22 heavy (non-hydrogen) atoms. The topological polar surface area (TPSA) is 104 Å². The summed E-state index contributed by atoms with van der Waals surface area (Å²) in [6.07, 6.45) is 1.85. The maximum absolute atomic E-state index is 12.0. The van der Waals surface area contributed by atoms with Gasteiger partial charge in [0.25, 0.3) is 0 Å².